The molecule has 0 saturated heterocycles. The van der Waals surface area contributed by atoms with Crippen molar-refractivity contribution in [2.45, 2.75) is 32.6 Å². The molecule has 2 N–H and O–H groups in total. The molecule has 7 heteroatoms. The molecule has 0 unspecified atom stereocenters. The number of hydrogen-bond acceptors (Lipinski definition) is 4. The van der Waals surface area contributed by atoms with Crippen molar-refractivity contribution >= 4 is 33.1 Å². The summed E-state index contributed by atoms with van der Waals surface area (Å²) in [6.07, 6.45) is 0. The molecule has 0 aliphatic carbocycles. The number of sulfonamides is 1. The Hall–Kier alpha value is -3.45. The van der Waals surface area contributed by atoms with E-state index in [1.807, 2.05) is 26.0 Å². The number of ketones is 1. The zero-order valence-corrected chi connectivity index (χ0v) is 18.6. The van der Waals surface area contributed by atoms with Crippen molar-refractivity contribution in [2.75, 3.05) is 10.0 Å². The Kier molecular flexibility index (Phi) is 6.27. The molecule has 0 radical (unpaired) electrons. The zero-order valence-electron chi connectivity index (χ0n) is 17.8. The second-order valence-electron chi connectivity index (χ2n) is 7.50. The largest absolute Gasteiger partial charge is 0.322 e. The molecular weight excluding hydrogens is 412 g/mol. The summed E-state index contributed by atoms with van der Waals surface area (Å²) in [6.45, 7) is 6.88. The smallest absolute Gasteiger partial charge is 0.262 e. The highest BCUT2D eigenvalue weighted by Gasteiger charge is 2.20. The molecule has 31 heavy (non-hydrogen) atoms. The van der Waals surface area contributed by atoms with Crippen LogP contribution in [0.15, 0.2) is 65.6 Å². The van der Waals surface area contributed by atoms with Crippen molar-refractivity contribution in [3.8, 4) is 0 Å². The molecule has 3 rings (SSSR count). The minimum Gasteiger partial charge on any atom is -0.322 e. The topological polar surface area (TPSA) is 92.3 Å². The molecule has 0 atom stereocenters. The Morgan fingerprint density at radius 2 is 1.55 bits per heavy atom. The fourth-order valence-electron chi connectivity index (χ4n) is 3.18. The highest BCUT2D eigenvalue weighted by atomic mass is 32.2. The van der Waals surface area contributed by atoms with Crippen LogP contribution in [-0.4, -0.2) is 20.1 Å². The van der Waals surface area contributed by atoms with Gasteiger partial charge in [-0.15, -0.1) is 0 Å². The number of carbonyl (C=O) groups is 2. The van der Waals surface area contributed by atoms with E-state index in [1.165, 1.54) is 13.0 Å². The van der Waals surface area contributed by atoms with Crippen LogP contribution < -0.4 is 10.0 Å². The zero-order chi connectivity index (χ0) is 22.8. The summed E-state index contributed by atoms with van der Waals surface area (Å²) in [5.74, 6) is -0.582. The Labute approximate surface area is 182 Å². The van der Waals surface area contributed by atoms with Crippen molar-refractivity contribution in [1.82, 2.24) is 0 Å². The number of carbonyl (C=O) groups excluding carboxylic acids is 2. The molecule has 0 aromatic heterocycles. The molecular formula is C24H24N2O4S. The lowest BCUT2D eigenvalue weighted by Gasteiger charge is -2.14. The summed E-state index contributed by atoms with van der Waals surface area (Å²) in [6, 6.07) is 16.5. The van der Waals surface area contributed by atoms with E-state index in [1.54, 1.807) is 49.4 Å². The van der Waals surface area contributed by atoms with Crippen LogP contribution in [0.2, 0.25) is 0 Å². The van der Waals surface area contributed by atoms with Gasteiger partial charge >= 0.3 is 0 Å². The fourth-order valence-corrected chi connectivity index (χ4v) is 4.58. The maximum absolute atomic E-state index is 13.0. The monoisotopic (exact) mass is 436 g/mol. The molecule has 0 bridgehead atoms. The Morgan fingerprint density at radius 3 is 2.23 bits per heavy atom. The summed E-state index contributed by atoms with van der Waals surface area (Å²) in [5.41, 5.74) is 3.97. The summed E-state index contributed by atoms with van der Waals surface area (Å²) in [4.78, 5) is 24.3. The molecule has 0 aliphatic heterocycles. The molecule has 0 heterocycles. The van der Waals surface area contributed by atoms with Gasteiger partial charge in [-0.2, -0.15) is 0 Å². The number of Topliss-reactive ketones (excluding diaryl/α,β-unsaturated/α-hetero) is 1. The molecule has 0 aliphatic rings. The van der Waals surface area contributed by atoms with E-state index in [2.05, 4.69) is 10.0 Å². The van der Waals surface area contributed by atoms with Crippen molar-refractivity contribution in [1.29, 1.82) is 0 Å². The van der Waals surface area contributed by atoms with E-state index in [-0.39, 0.29) is 16.2 Å². The van der Waals surface area contributed by atoms with Gasteiger partial charge in [0, 0.05) is 16.8 Å². The van der Waals surface area contributed by atoms with Gasteiger partial charge < -0.3 is 5.32 Å². The SMILES string of the molecule is CC(=O)c1cccc(NC(=O)c2ccc(C)c(S(=O)(=O)Nc3ccc(C)cc3C)c2)c1. The number of benzene rings is 3. The summed E-state index contributed by atoms with van der Waals surface area (Å²) in [5, 5.41) is 2.71. The van der Waals surface area contributed by atoms with Crippen LogP contribution in [-0.2, 0) is 10.0 Å². The van der Waals surface area contributed by atoms with Gasteiger partial charge in [-0.25, -0.2) is 8.42 Å². The molecule has 3 aromatic carbocycles. The first-order chi connectivity index (χ1) is 14.6. The van der Waals surface area contributed by atoms with Crippen molar-refractivity contribution in [2.24, 2.45) is 0 Å². The number of amides is 1. The molecule has 0 saturated carbocycles. The quantitative estimate of drug-likeness (QED) is 0.539. The molecule has 6 nitrogen and oxygen atoms in total. The minimum atomic E-state index is -3.90. The molecule has 160 valence electrons. The number of nitrogens with one attached hydrogen (secondary N) is 2. The van der Waals surface area contributed by atoms with Gasteiger partial charge in [-0.3, -0.25) is 14.3 Å². The van der Waals surface area contributed by atoms with Crippen molar-refractivity contribution < 1.29 is 18.0 Å². The lowest BCUT2D eigenvalue weighted by atomic mass is 10.1. The Morgan fingerprint density at radius 1 is 0.806 bits per heavy atom. The van der Waals surface area contributed by atoms with Crippen LogP contribution in [0.1, 0.15) is 44.3 Å². The number of anilines is 2. The minimum absolute atomic E-state index is 0.0256. The maximum Gasteiger partial charge on any atom is 0.262 e. The van der Waals surface area contributed by atoms with Gasteiger partial charge in [0.2, 0.25) is 0 Å². The molecule has 1 amide bonds. The van der Waals surface area contributed by atoms with Gasteiger partial charge in [-0.1, -0.05) is 35.9 Å². The number of hydrogen-bond donors (Lipinski definition) is 2. The van der Waals surface area contributed by atoms with E-state index < -0.39 is 15.9 Å². The Balaban J connectivity index is 1.89. The number of aryl methyl sites for hydroxylation is 3. The van der Waals surface area contributed by atoms with Crippen LogP contribution in [0.4, 0.5) is 11.4 Å². The van der Waals surface area contributed by atoms with Crippen LogP contribution >= 0.6 is 0 Å². The maximum atomic E-state index is 13.0. The third kappa shape index (κ3) is 5.19. The van der Waals surface area contributed by atoms with Gasteiger partial charge in [-0.05, 0) is 69.2 Å². The van der Waals surface area contributed by atoms with Gasteiger partial charge in [0.25, 0.3) is 15.9 Å². The van der Waals surface area contributed by atoms with Crippen LogP contribution in [0.25, 0.3) is 0 Å². The van der Waals surface area contributed by atoms with Crippen LogP contribution in [0, 0.1) is 20.8 Å². The molecule has 0 spiro atoms. The van der Waals surface area contributed by atoms with Gasteiger partial charge in [0.15, 0.2) is 5.78 Å². The first-order valence-corrected chi connectivity index (χ1v) is 11.2. The van der Waals surface area contributed by atoms with Gasteiger partial charge in [0.05, 0.1) is 10.6 Å². The second kappa shape index (κ2) is 8.73. The summed E-state index contributed by atoms with van der Waals surface area (Å²) < 4.78 is 28.7. The normalized spacial score (nSPS) is 11.1. The predicted molar refractivity (Wildman–Crippen MR) is 122 cm³/mol. The van der Waals surface area contributed by atoms with E-state index in [9.17, 15) is 18.0 Å². The van der Waals surface area contributed by atoms with Crippen LogP contribution in [0.3, 0.4) is 0 Å². The highest BCUT2D eigenvalue weighted by molar-refractivity contribution is 7.92. The predicted octanol–water partition coefficient (Wildman–Crippen LogP) is 4.87. The third-order valence-electron chi connectivity index (χ3n) is 4.89. The Bertz CT molecular complexity index is 1280. The van der Waals surface area contributed by atoms with Gasteiger partial charge in [0.1, 0.15) is 0 Å². The third-order valence-corrected chi connectivity index (χ3v) is 6.40. The lowest BCUT2D eigenvalue weighted by molar-refractivity contribution is 0.101. The first-order valence-electron chi connectivity index (χ1n) is 9.70. The van der Waals surface area contributed by atoms with E-state index in [0.29, 0.717) is 22.5 Å². The van der Waals surface area contributed by atoms with E-state index >= 15 is 0 Å². The summed E-state index contributed by atoms with van der Waals surface area (Å²) in [7, 11) is -3.90. The van der Waals surface area contributed by atoms with Crippen molar-refractivity contribution in [3.05, 3.63) is 88.5 Å². The molecule has 3 aromatic rings. The highest BCUT2D eigenvalue weighted by Crippen LogP contribution is 2.24. The lowest BCUT2D eigenvalue weighted by Crippen LogP contribution is -2.17. The molecule has 0 fully saturated rings. The fraction of sp³-hybridized carbons (Fsp3) is 0.167. The summed E-state index contributed by atoms with van der Waals surface area (Å²) >= 11 is 0. The average Bonchev–Trinajstić information content (AvgIpc) is 2.70. The van der Waals surface area contributed by atoms with Crippen molar-refractivity contribution in [3.63, 3.8) is 0 Å². The van der Waals surface area contributed by atoms with E-state index in [0.717, 1.165) is 11.1 Å². The number of rotatable bonds is 6. The first kappa shape index (κ1) is 22.2. The second-order valence-corrected chi connectivity index (χ2v) is 9.15. The van der Waals surface area contributed by atoms with E-state index in [4.69, 9.17) is 0 Å². The average molecular weight is 437 g/mol. The van der Waals surface area contributed by atoms with Crippen LogP contribution in [0.5, 0.6) is 0 Å². The standard InChI is InChI=1S/C24H24N2O4S/c1-15-8-11-22(17(3)12-15)26-31(29,30)23-14-20(10-9-16(23)2)24(28)25-21-7-5-6-19(13-21)18(4)27/h5-14,26H,1-4H3,(H,25,28).